The Balaban J connectivity index is 1.61. The second-order valence-corrected chi connectivity index (χ2v) is 5.71. The highest BCUT2D eigenvalue weighted by Gasteiger charge is 2.12. The molecule has 1 heterocycles. The molecule has 0 saturated carbocycles. The number of hydrogen-bond donors (Lipinski definition) is 0. The fraction of sp³-hybridized carbons (Fsp3) is 0.190. The van der Waals surface area contributed by atoms with Gasteiger partial charge in [0.05, 0.1) is 6.54 Å². The minimum absolute atomic E-state index is 0.614. The summed E-state index contributed by atoms with van der Waals surface area (Å²) in [5.41, 5.74) is 4.67. The number of benzene rings is 2. The highest BCUT2D eigenvalue weighted by atomic mass is 16.5. The zero-order valence-electron chi connectivity index (χ0n) is 13.4. The molecule has 1 aliphatic heterocycles. The Labute approximate surface area is 137 Å². The Bertz CT molecular complexity index is 727. The Morgan fingerprint density at radius 1 is 0.957 bits per heavy atom. The third kappa shape index (κ3) is 4.43. The number of rotatable bonds is 5. The van der Waals surface area contributed by atoms with Crippen LogP contribution in [0.1, 0.15) is 24.5 Å². The van der Waals surface area contributed by atoms with Gasteiger partial charge >= 0.3 is 0 Å². The molecule has 1 aliphatic rings. The molecule has 2 aromatic carbocycles. The van der Waals surface area contributed by atoms with Crippen LogP contribution in [0.4, 0.5) is 0 Å². The summed E-state index contributed by atoms with van der Waals surface area (Å²) < 4.78 is 6.03. The summed E-state index contributed by atoms with van der Waals surface area (Å²) in [5.74, 6) is 1.05. The fourth-order valence-electron chi connectivity index (χ4n) is 2.47. The van der Waals surface area contributed by atoms with Crippen molar-refractivity contribution < 1.29 is 4.74 Å². The van der Waals surface area contributed by atoms with Crippen LogP contribution >= 0.6 is 0 Å². The van der Waals surface area contributed by atoms with E-state index in [9.17, 15) is 0 Å². The van der Waals surface area contributed by atoms with E-state index in [1.807, 2.05) is 36.4 Å². The summed E-state index contributed by atoms with van der Waals surface area (Å²) in [4.78, 5) is 4.62. The highest BCUT2D eigenvalue weighted by molar-refractivity contribution is 6.00. The van der Waals surface area contributed by atoms with Gasteiger partial charge in [0, 0.05) is 12.1 Å². The fourth-order valence-corrected chi connectivity index (χ4v) is 2.47. The number of allylic oxidation sites excluding steroid dienone is 2. The van der Waals surface area contributed by atoms with E-state index in [0.717, 1.165) is 24.4 Å². The third-order valence-corrected chi connectivity index (χ3v) is 3.86. The molecular formula is C21H21NO. The van der Waals surface area contributed by atoms with Crippen molar-refractivity contribution in [1.82, 2.24) is 0 Å². The molecule has 2 heteroatoms. The summed E-state index contributed by atoms with van der Waals surface area (Å²) in [7, 11) is 0. The Hall–Kier alpha value is -2.61. The van der Waals surface area contributed by atoms with E-state index in [1.54, 1.807) is 0 Å². The van der Waals surface area contributed by atoms with Gasteiger partial charge in [-0.1, -0.05) is 66.7 Å². The van der Waals surface area contributed by atoms with E-state index in [4.69, 9.17) is 4.74 Å². The maximum atomic E-state index is 6.03. The monoisotopic (exact) mass is 303 g/mol. The van der Waals surface area contributed by atoms with E-state index in [1.165, 1.54) is 16.7 Å². The predicted octanol–water partition coefficient (Wildman–Crippen LogP) is 5.04. The number of aliphatic imine (C=N–C) groups is 1. The predicted molar refractivity (Wildman–Crippen MR) is 96.3 cm³/mol. The van der Waals surface area contributed by atoms with E-state index in [0.29, 0.717) is 6.61 Å². The van der Waals surface area contributed by atoms with E-state index in [-0.39, 0.29) is 0 Å². The van der Waals surface area contributed by atoms with Crippen LogP contribution in [0.25, 0.3) is 6.08 Å². The first-order valence-corrected chi connectivity index (χ1v) is 7.93. The largest absolute Gasteiger partial charge is 0.493 e. The van der Waals surface area contributed by atoms with Gasteiger partial charge in [0.2, 0.25) is 0 Å². The first-order chi connectivity index (χ1) is 11.3. The van der Waals surface area contributed by atoms with Gasteiger partial charge in [0.25, 0.3) is 0 Å². The lowest BCUT2D eigenvalue weighted by Gasteiger charge is -2.18. The normalized spacial score (nSPS) is 14.9. The first-order valence-electron chi connectivity index (χ1n) is 7.93. The second kappa shape index (κ2) is 7.59. The second-order valence-electron chi connectivity index (χ2n) is 5.71. The van der Waals surface area contributed by atoms with Gasteiger partial charge in [-0.05, 0) is 29.7 Å². The van der Waals surface area contributed by atoms with Crippen molar-refractivity contribution in [3.63, 3.8) is 0 Å². The molecule has 0 spiro atoms. The molecule has 0 atom stereocenters. The van der Waals surface area contributed by atoms with Gasteiger partial charge in [-0.15, -0.1) is 0 Å². The van der Waals surface area contributed by atoms with Crippen LogP contribution in [0.5, 0.6) is 0 Å². The van der Waals surface area contributed by atoms with Gasteiger partial charge in [-0.25, -0.2) is 0 Å². The lowest BCUT2D eigenvalue weighted by Crippen LogP contribution is -2.10. The smallest absolute Gasteiger partial charge is 0.113 e. The lowest BCUT2D eigenvalue weighted by atomic mass is 10.1. The van der Waals surface area contributed by atoms with E-state index >= 15 is 0 Å². The molecule has 3 rings (SSSR count). The SMILES string of the molecule is CC1=C(OCc2ccccc2)CC(C=Cc2ccccc2)=NC1. The number of ether oxygens (including phenoxy) is 1. The zero-order valence-corrected chi connectivity index (χ0v) is 13.4. The maximum absolute atomic E-state index is 6.03. The molecular weight excluding hydrogens is 282 g/mol. The molecule has 0 unspecified atom stereocenters. The molecule has 0 fully saturated rings. The third-order valence-electron chi connectivity index (χ3n) is 3.86. The van der Waals surface area contributed by atoms with Gasteiger partial charge in [-0.2, -0.15) is 0 Å². The molecule has 0 aliphatic carbocycles. The van der Waals surface area contributed by atoms with Crippen molar-refractivity contribution >= 4 is 11.8 Å². The van der Waals surface area contributed by atoms with Gasteiger partial charge in [-0.3, -0.25) is 4.99 Å². The summed E-state index contributed by atoms with van der Waals surface area (Å²) in [5, 5.41) is 0. The first kappa shape index (κ1) is 15.3. The molecule has 2 nitrogen and oxygen atoms in total. The average Bonchev–Trinajstić information content (AvgIpc) is 2.62. The summed E-state index contributed by atoms with van der Waals surface area (Å²) >= 11 is 0. The van der Waals surface area contributed by atoms with Gasteiger partial charge in [0.15, 0.2) is 0 Å². The van der Waals surface area contributed by atoms with E-state index < -0.39 is 0 Å². The molecule has 0 radical (unpaired) electrons. The van der Waals surface area contributed by atoms with Crippen molar-refractivity contribution in [1.29, 1.82) is 0 Å². The Morgan fingerprint density at radius 3 is 2.39 bits per heavy atom. The molecule has 0 amide bonds. The zero-order chi connectivity index (χ0) is 15.9. The molecule has 0 bridgehead atoms. The van der Waals surface area contributed by atoms with Crippen LogP contribution in [-0.2, 0) is 11.3 Å². The van der Waals surface area contributed by atoms with Crippen LogP contribution in [0.15, 0.2) is 83.1 Å². The summed E-state index contributed by atoms with van der Waals surface area (Å²) in [6.07, 6.45) is 4.96. The lowest BCUT2D eigenvalue weighted by molar-refractivity contribution is 0.191. The number of dihydropyridines is 1. The van der Waals surface area contributed by atoms with Crippen LogP contribution in [-0.4, -0.2) is 12.3 Å². The average molecular weight is 303 g/mol. The minimum Gasteiger partial charge on any atom is -0.493 e. The van der Waals surface area contributed by atoms with Crippen LogP contribution in [0.2, 0.25) is 0 Å². The van der Waals surface area contributed by atoms with Gasteiger partial charge in [0.1, 0.15) is 12.4 Å². The molecule has 116 valence electrons. The standard InChI is InChI=1S/C21H21NO/c1-17-15-22-20(13-12-18-8-4-2-5-9-18)14-21(17)23-16-19-10-6-3-7-11-19/h2-13H,14-16H2,1H3. The van der Waals surface area contributed by atoms with Crippen LogP contribution < -0.4 is 0 Å². The van der Waals surface area contributed by atoms with Crippen molar-refractivity contribution in [2.24, 2.45) is 4.99 Å². The topological polar surface area (TPSA) is 21.6 Å². The van der Waals surface area contributed by atoms with Crippen molar-refractivity contribution in [3.05, 3.63) is 89.2 Å². The molecule has 0 saturated heterocycles. The quantitative estimate of drug-likeness (QED) is 0.758. The van der Waals surface area contributed by atoms with Crippen molar-refractivity contribution in [3.8, 4) is 0 Å². The summed E-state index contributed by atoms with van der Waals surface area (Å²) in [6.45, 7) is 3.43. The Morgan fingerprint density at radius 2 is 1.65 bits per heavy atom. The van der Waals surface area contributed by atoms with Crippen LogP contribution in [0, 0.1) is 0 Å². The van der Waals surface area contributed by atoms with Gasteiger partial charge < -0.3 is 4.74 Å². The van der Waals surface area contributed by atoms with Crippen molar-refractivity contribution in [2.75, 3.05) is 6.54 Å². The molecule has 0 N–H and O–H groups in total. The maximum Gasteiger partial charge on any atom is 0.113 e. The summed E-state index contributed by atoms with van der Waals surface area (Å²) in [6, 6.07) is 20.6. The number of nitrogens with zero attached hydrogens (tertiary/aromatic N) is 1. The molecule has 2 aromatic rings. The number of hydrogen-bond acceptors (Lipinski definition) is 2. The Kier molecular flexibility index (Phi) is 5.05. The van der Waals surface area contributed by atoms with Crippen LogP contribution in [0.3, 0.4) is 0 Å². The molecule has 23 heavy (non-hydrogen) atoms. The van der Waals surface area contributed by atoms with E-state index in [2.05, 4.69) is 48.3 Å². The minimum atomic E-state index is 0.614. The molecule has 0 aromatic heterocycles. The van der Waals surface area contributed by atoms with Crippen molar-refractivity contribution in [2.45, 2.75) is 20.0 Å². The highest BCUT2D eigenvalue weighted by Crippen LogP contribution is 2.20.